The second-order valence-corrected chi connectivity index (χ2v) is 9.54. The number of nitrogens with zero attached hydrogens (tertiary/aromatic N) is 2. The van der Waals surface area contributed by atoms with Crippen molar-refractivity contribution in [1.82, 2.24) is 9.80 Å². The molecular formula is C26H39BrN2O. The van der Waals surface area contributed by atoms with Gasteiger partial charge in [-0.3, -0.25) is 9.69 Å². The Morgan fingerprint density at radius 2 is 1.77 bits per heavy atom. The second-order valence-electron chi connectivity index (χ2n) is 8.69. The number of hydrogen-bond donors (Lipinski definition) is 0. The molecule has 1 spiro atoms. The highest BCUT2D eigenvalue weighted by Gasteiger charge is 2.50. The molecule has 166 valence electrons. The SMILES string of the molecule is C/C=C\C(=C/C)C1(N(C)C)CCC2(CC1)CC(=O)N(Cc1ccccc1Br)C2.CC. The molecule has 0 bridgehead atoms. The molecule has 3 rings (SSSR count). The second kappa shape index (κ2) is 10.8. The van der Waals surface area contributed by atoms with Crippen LogP contribution < -0.4 is 0 Å². The van der Waals surface area contributed by atoms with Crippen LogP contribution in [0.5, 0.6) is 0 Å². The molecule has 2 aliphatic rings. The molecule has 4 heteroatoms. The van der Waals surface area contributed by atoms with Crippen LogP contribution in [0.4, 0.5) is 0 Å². The van der Waals surface area contributed by atoms with E-state index in [9.17, 15) is 4.79 Å². The standard InChI is InChI=1S/C24H33BrN2O.C2H6/c1-5-9-20(6-2)24(26(3)4)14-12-23(13-15-24)16-22(28)27(18-23)17-19-10-7-8-11-21(19)25;1-2/h5-11H,12-18H2,1-4H3;1-2H3/b9-5-,20-6+;. The Hall–Kier alpha value is -1.39. The van der Waals surface area contributed by atoms with Crippen molar-refractivity contribution in [2.24, 2.45) is 5.41 Å². The Kier molecular flexibility index (Phi) is 8.93. The van der Waals surface area contributed by atoms with Gasteiger partial charge in [-0.05, 0) is 76.2 Å². The van der Waals surface area contributed by atoms with Gasteiger partial charge in [-0.1, -0.05) is 66.2 Å². The Balaban J connectivity index is 0.00000155. The first-order valence-corrected chi connectivity index (χ1v) is 12.1. The Morgan fingerprint density at radius 3 is 2.30 bits per heavy atom. The smallest absolute Gasteiger partial charge is 0.223 e. The van der Waals surface area contributed by atoms with Crippen molar-refractivity contribution < 1.29 is 4.79 Å². The molecule has 3 nitrogen and oxygen atoms in total. The number of likely N-dealkylation sites (N-methyl/N-ethyl adjacent to an activating group) is 1. The molecule has 2 fully saturated rings. The highest BCUT2D eigenvalue weighted by Crippen LogP contribution is 2.51. The first-order chi connectivity index (χ1) is 14.4. The molecule has 1 aliphatic heterocycles. The molecule has 0 radical (unpaired) electrons. The third kappa shape index (κ3) is 5.08. The Bertz CT molecular complexity index is 773. The van der Waals surface area contributed by atoms with E-state index >= 15 is 0 Å². The summed E-state index contributed by atoms with van der Waals surface area (Å²) in [5.74, 6) is 0.313. The lowest BCUT2D eigenvalue weighted by molar-refractivity contribution is -0.128. The van der Waals surface area contributed by atoms with Gasteiger partial charge in [0.05, 0.1) is 0 Å². The van der Waals surface area contributed by atoms with Crippen LogP contribution in [0.15, 0.2) is 52.5 Å². The average Bonchev–Trinajstić information content (AvgIpc) is 3.05. The maximum Gasteiger partial charge on any atom is 0.223 e. The molecule has 1 heterocycles. The van der Waals surface area contributed by atoms with Crippen molar-refractivity contribution in [2.45, 2.75) is 71.9 Å². The van der Waals surface area contributed by atoms with Gasteiger partial charge in [0.2, 0.25) is 5.91 Å². The van der Waals surface area contributed by atoms with Gasteiger partial charge in [0.15, 0.2) is 0 Å². The molecule has 0 unspecified atom stereocenters. The Labute approximate surface area is 192 Å². The predicted molar refractivity (Wildman–Crippen MR) is 131 cm³/mol. The third-order valence-corrected chi connectivity index (χ3v) is 7.69. The molecular weight excluding hydrogens is 436 g/mol. The van der Waals surface area contributed by atoms with Crippen molar-refractivity contribution in [3.05, 3.63) is 58.1 Å². The molecule has 1 saturated heterocycles. The van der Waals surface area contributed by atoms with Gasteiger partial charge in [-0.25, -0.2) is 0 Å². The monoisotopic (exact) mass is 474 g/mol. The van der Waals surface area contributed by atoms with E-state index in [-0.39, 0.29) is 11.0 Å². The summed E-state index contributed by atoms with van der Waals surface area (Å²) in [5.41, 5.74) is 2.83. The summed E-state index contributed by atoms with van der Waals surface area (Å²) < 4.78 is 1.09. The quantitative estimate of drug-likeness (QED) is 0.449. The van der Waals surface area contributed by atoms with Crippen LogP contribution in [0, 0.1) is 5.41 Å². The van der Waals surface area contributed by atoms with E-state index in [0.717, 1.165) is 36.7 Å². The van der Waals surface area contributed by atoms with Crippen LogP contribution in [-0.4, -0.2) is 41.9 Å². The lowest BCUT2D eigenvalue weighted by atomic mass is 9.64. The summed E-state index contributed by atoms with van der Waals surface area (Å²) in [6, 6.07) is 8.22. The van der Waals surface area contributed by atoms with Gasteiger partial charge < -0.3 is 4.90 Å². The average molecular weight is 476 g/mol. The number of benzene rings is 1. The third-order valence-electron chi connectivity index (χ3n) is 6.91. The highest BCUT2D eigenvalue weighted by molar-refractivity contribution is 9.10. The van der Waals surface area contributed by atoms with Gasteiger partial charge in [-0.2, -0.15) is 0 Å². The fourth-order valence-corrected chi connectivity index (χ4v) is 5.59. The van der Waals surface area contributed by atoms with Gasteiger partial charge in [0.25, 0.3) is 0 Å². The molecule has 1 aliphatic carbocycles. The summed E-state index contributed by atoms with van der Waals surface area (Å²) in [5, 5.41) is 0. The van der Waals surface area contributed by atoms with Crippen LogP contribution in [-0.2, 0) is 11.3 Å². The number of carbonyl (C=O) groups excluding carboxylic acids is 1. The van der Waals surface area contributed by atoms with Gasteiger partial charge in [0, 0.05) is 29.5 Å². The van der Waals surface area contributed by atoms with Crippen LogP contribution >= 0.6 is 15.9 Å². The van der Waals surface area contributed by atoms with Crippen molar-refractivity contribution >= 4 is 21.8 Å². The van der Waals surface area contributed by atoms with E-state index in [1.807, 2.05) is 26.0 Å². The van der Waals surface area contributed by atoms with Crippen molar-refractivity contribution in [3.63, 3.8) is 0 Å². The lowest BCUT2D eigenvalue weighted by Crippen LogP contribution is -2.50. The minimum atomic E-state index is 0.0887. The number of allylic oxidation sites excluding steroid dienone is 2. The van der Waals surface area contributed by atoms with E-state index in [1.165, 1.54) is 11.1 Å². The van der Waals surface area contributed by atoms with E-state index in [0.29, 0.717) is 18.9 Å². The maximum absolute atomic E-state index is 12.8. The molecule has 1 amide bonds. The van der Waals surface area contributed by atoms with Crippen LogP contribution in [0.1, 0.15) is 65.4 Å². The van der Waals surface area contributed by atoms with Gasteiger partial charge in [0.1, 0.15) is 0 Å². The fourth-order valence-electron chi connectivity index (χ4n) is 5.18. The zero-order valence-electron chi connectivity index (χ0n) is 19.7. The minimum Gasteiger partial charge on any atom is -0.338 e. The number of rotatable bonds is 5. The van der Waals surface area contributed by atoms with E-state index in [1.54, 1.807) is 0 Å². The fraction of sp³-hybridized carbons (Fsp3) is 0.577. The van der Waals surface area contributed by atoms with Crippen LogP contribution in [0.2, 0.25) is 0 Å². The van der Waals surface area contributed by atoms with E-state index < -0.39 is 0 Å². The largest absolute Gasteiger partial charge is 0.338 e. The summed E-state index contributed by atoms with van der Waals surface area (Å²) >= 11 is 3.62. The summed E-state index contributed by atoms with van der Waals surface area (Å²) in [6.45, 7) is 9.83. The van der Waals surface area contributed by atoms with Crippen molar-refractivity contribution in [3.8, 4) is 0 Å². The first kappa shape index (κ1) is 24.9. The maximum atomic E-state index is 12.8. The first-order valence-electron chi connectivity index (χ1n) is 11.3. The van der Waals surface area contributed by atoms with Crippen molar-refractivity contribution in [1.29, 1.82) is 0 Å². The molecule has 0 aromatic heterocycles. The molecule has 0 atom stereocenters. The molecule has 1 saturated carbocycles. The van der Waals surface area contributed by atoms with E-state index in [4.69, 9.17) is 0 Å². The highest BCUT2D eigenvalue weighted by atomic mass is 79.9. The van der Waals surface area contributed by atoms with Gasteiger partial charge in [-0.15, -0.1) is 0 Å². The molecule has 1 aromatic carbocycles. The number of carbonyl (C=O) groups is 1. The summed E-state index contributed by atoms with van der Waals surface area (Å²) in [6.07, 6.45) is 11.8. The summed E-state index contributed by atoms with van der Waals surface area (Å²) in [4.78, 5) is 17.3. The topological polar surface area (TPSA) is 23.6 Å². The van der Waals surface area contributed by atoms with Crippen LogP contribution in [0.3, 0.4) is 0 Å². The number of amides is 1. The zero-order chi connectivity index (χ0) is 22.4. The summed E-state index contributed by atoms with van der Waals surface area (Å²) in [7, 11) is 4.40. The zero-order valence-corrected chi connectivity index (χ0v) is 21.3. The molecule has 1 aromatic rings. The number of hydrogen-bond acceptors (Lipinski definition) is 2. The van der Waals surface area contributed by atoms with Crippen LogP contribution in [0.25, 0.3) is 0 Å². The van der Waals surface area contributed by atoms with Gasteiger partial charge >= 0.3 is 0 Å². The lowest BCUT2D eigenvalue weighted by Gasteiger charge is -2.49. The predicted octanol–water partition coefficient (Wildman–Crippen LogP) is 6.59. The Morgan fingerprint density at radius 1 is 1.13 bits per heavy atom. The normalized spacial score (nSPS) is 27.1. The minimum absolute atomic E-state index is 0.0887. The van der Waals surface area contributed by atoms with Crippen molar-refractivity contribution in [2.75, 3.05) is 20.6 Å². The van der Waals surface area contributed by atoms with E-state index in [2.05, 4.69) is 84.0 Å². The molecule has 0 N–H and O–H groups in total. The molecule has 30 heavy (non-hydrogen) atoms. The number of likely N-dealkylation sites (tertiary alicyclic amines) is 1. The number of halogens is 1.